The zero-order valence-electron chi connectivity index (χ0n) is 26.0. The lowest BCUT2D eigenvalue weighted by molar-refractivity contribution is -0.149. The van der Waals surface area contributed by atoms with E-state index in [0.29, 0.717) is 5.56 Å². The van der Waals surface area contributed by atoms with Crippen LogP contribution in [0.15, 0.2) is 103 Å². The van der Waals surface area contributed by atoms with Crippen LogP contribution >= 0.6 is 0 Å². The predicted molar refractivity (Wildman–Crippen MR) is 171 cm³/mol. The normalized spacial score (nSPS) is 13.0. The lowest BCUT2D eigenvalue weighted by Gasteiger charge is -2.32. The molecule has 0 heterocycles. The van der Waals surface area contributed by atoms with Gasteiger partial charge in [0.15, 0.2) is 0 Å². The zero-order valence-corrected chi connectivity index (χ0v) is 26.0. The average Bonchev–Trinajstić information content (AvgIpc) is 3.08. The largest absolute Gasteiger partial charge is 0.506 e. The molecule has 4 aromatic rings. The van der Waals surface area contributed by atoms with Crippen LogP contribution in [0.5, 0.6) is 5.75 Å². The number of rotatable bonds is 17. The second-order valence-corrected chi connectivity index (χ2v) is 10.5. The van der Waals surface area contributed by atoms with Crippen LogP contribution in [0.3, 0.4) is 0 Å². The molecule has 2 N–H and O–H groups in total. The molecule has 0 bridgehead atoms. The molecule has 9 heteroatoms. The van der Waals surface area contributed by atoms with Gasteiger partial charge in [-0.2, -0.15) is 0 Å². The van der Waals surface area contributed by atoms with Gasteiger partial charge in [0, 0.05) is 0 Å². The minimum atomic E-state index is -1.21. The number of esters is 2. The van der Waals surface area contributed by atoms with Crippen molar-refractivity contribution in [2.45, 2.75) is 52.0 Å². The minimum Gasteiger partial charge on any atom is -0.506 e. The maximum atomic E-state index is 13.0. The summed E-state index contributed by atoms with van der Waals surface area (Å²) in [5.41, 5.74) is 2.45. The van der Waals surface area contributed by atoms with Gasteiger partial charge in [-0.1, -0.05) is 91.0 Å². The van der Waals surface area contributed by atoms with E-state index in [-0.39, 0.29) is 50.8 Å². The van der Waals surface area contributed by atoms with Crippen molar-refractivity contribution < 1.29 is 43.5 Å². The van der Waals surface area contributed by atoms with Gasteiger partial charge < -0.3 is 33.9 Å². The maximum Gasteiger partial charge on any atom is 0.341 e. The number of phenolic OH excluding ortho intramolecular Hbond substituents is 1. The fraction of sp³-hybridized carbons (Fsp3) is 0.297. The first-order valence-corrected chi connectivity index (χ1v) is 15.2. The Morgan fingerprint density at radius 1 is 0.652 bits per heavy atom. The molecule has 9 nitrogen and oxygen atoms in total. The molecule has 4 aromatic carbocycles. The number of phenols is 1. The lowest BCUT2D eigenvalue weighted by Crippen LogP contribution is -2.39. The molecule has 0 fully saturated rings. The van der Waals surface area contributed by atoms with E-state index < -0.39 is 36.0 Å². The third-order valence-electron chi connectivity index (χ3n) is 7.09. The van der Waals surface area contributed by atoms with E-state index in [1.807, 2.05) is 91.0 Å². The first-order valence-electron chi connectivity index (χ1n) is 15.2. The second kappa shape index (κ2) is 17.8. The molecule has 0 aliphatic heterocycles. The highest BCUT2D eigenvalue weighted by Gasteiger charge is 2.35. The molecule has 46 heavy (non-hydrogen) atoms. The Balaban J connectivity index is 1.76. The number of hydrogen-bond donors (Lipinski definition) is 2. The van der Waals surface area contributed by atoms with Crippen molar-refractivity contribution in [3.8, 4) is 5.75 Å². The number of aliphatic hydroxyl groups excluding tert-OH is 1. The minimum absolute atomic E-state index is 0.0471. The van der Waals surface area contributed by atoms with Crippen molar-refractivity contribution >= 4 is 11.9 Å². The Labute approximate surface area is 269 Å². The molecule has 0 aliphatic carbocycles. The molecular weight excluding hydrogens is 588 g/mol. The summed E-state index contributed by atoms with van der Waals surface area (Å²) in [6.07, 6.45) is -3.30. The summed E-state index contributed by atoms with van der Waals surface area (Å²) in [6, 6.07) is 31.2. The number of aliphatic hydroxyl groups is 1. The van der Waals surface area contributed by atoms with Crippen molar-refractivity contribution in [2.75, 3.05) is 19.8 Å². The molecule has 0 amide bonds. The predicted octanol–water partition coefficient (Wildman–Crippen LogP) is 6.17. The molecule has 4 rings (SSSR count). The monoisotopic (exact) mass is 628 g/mol. The summed E-state index contributed by atoms with van der Waals surface area (Å²) in [5, 5.41) is 22.6. The first-order chi connectivity index (χ1) is 22.4. The molecule has 0 saturated carbocycles. The van der Waals surface area contributed by atoms with Gasteiger partial charge in [0.25, 0.3) is 0 Å². The van der Waals surface area contributed by atoms with Crippen LogP contribution in [0, 0.1) is 0 Å². The Bertz CT molecular complexity index is 1470. The smallest absolute Gasteiger partial charge is 0.341 e. The summed E-state index contributed by atoms with van der Waals surface area (Å²) in [4.78, 5) is 25.9. The topological polar surface area (TPSA) is 121 Å². The highest BCUT2D eigenvalue weighted by atomic mass is 16.6. The molecule has 0 spiro atoms. The highest BCUT2D eigenvalue weighted by molar-refractivity contribution is 6.00. The summed E-state index contributed by atoms with van der Waals surface area (Å²) < 4.78 is 29.1. The van der Waals surface area contributed by atoms with E-state index in [0.717, 1.165) is 16.7 Å². The van der Waals surface area contributed by atoms with E-state index in [4.69, 9.17) is 23.7 Å². The Morgan fingerprint density at radius 3 is 1.54 bits per heavy atom. The Hall–Kier alpha value is -4.54. The SMILES string of the molecule is CCOC(=O)c1cc([C@@H](OCc2ccccc2)[C@H](OCc2ccccc2)[C@H](O)COCc2ccccc2)cc(C(=O)OCC)c1O. The molecule has 0 saturated heterocycles. The van der Waals surface area contributed by atoms with E-state index in [1.165, 1.54) is 12.1 Å². The number of ether oxygens (including phenoxy) is 5. The number of carbonyl (C=O) groups excluding carboxylic acids is 2. The van der Waals surface area contributed by atoms with E-state index in [9.17, 15) is 19.8 Å². The number of carbonyl (C=O) groups is 2. The fourth-order valence-corrected chi connectivity index (χ4v) is 4.82. The van der Waals surface area contributed by atoms with Gasteiger partial charge in [-0.3, -0.25) is 0 Å². The zero-order chi connectivity index (χ0) is 32.7. The molecule has 0 unspecified atom stereocenters. The van der Waals surface area contributed by atoms with Gasteiger partial charge >= 0.3 is 11.9 Å². The summed E-state index contributed by atoms with van der Waals surface area (Å²) in [5.74, 6) is -2.23. The Morgan fingerprint density at radius 2 is 1.09 bits per heavy atom. The summed E-state index contributed by atoms with van der Waals surface area (Å²) in [6.45, 7) is 3.76. The molecule has 0 radical (unpaired) electrons. The first kappa shape index (κ1) is 34.3. The van der Waals surface area contributed by atoms with E-state index >= 15 is 0 Å². The van der Waals surface area contributed by atoms with Gasteiger partial charge in [0.2, 0.25) is 0 Å². The number of benzene rings is 4. The molecule has 242 valence electrons. The van der Waals surface area contributed by atoms with Crippen LogP contribution in [0.25, 0.3) is 0 Å². The van der Waals surface area contributed by atoms with Crippen molar-refractivity contribution in [1.82, 2.24) is 0 Å². The fourth-order valence-electron chi connectivity index (χ4n) is 4.82. The quantitative estimate of drug-likeness (QED) is 0.132. The second-order valence-electron chi connectivity index (χ2n) is 10.5. The third kappa shape index (κ3) is 9.73. The standard InChI is InChI=1S/C37H40O9/c1-3-43-36(40)30-20-29(21-31(33(30)39)37(41)44-4-2)34(45-23-27-16-10-6-11-17-27)35(46-24-28-18-12-7-13-19-28)32(38)25-42-22-26-14-8-5-9-15-26/h5-21,32,34-35,38-39H,3-4,22-25H2,1-2H3/t32-,34-,35-/m1/s1. The summed E-state index contributed by atoms with van der Waals surface area (Å²) in [7, 11) is 0. The van der Waals surface area contributed by atoms with Crippen molar-refractivity contribution in [3.63, 3.8) is 0 Å². The third-order valence-corrected chi connectivity index (χ3v) is 7.09. The van der Waals surface area contributed by atoms with E-state index in [1.54, 1.807) is 13.8 Å². The van der Waals surface area contributed by atoms with Gasteiger partial charge in [0.05, 0.1) is 39.6 Å². The average molecular weight is 629 g/mol. The van der Waals surface area contributed by atoms with Crippen LogP contribution in [0.2, 0.25) is 0 Å². The molecule has 3 atom stereocenters. The van der Waals surface area contributed by atoms with Crippen molar-refractivity contribution in [3.05, 3.63) is 137 Å². The maximum absolute atomic E-state index is 13.0. The van der Waals surface area contributed by atoms with Crippen molar-refractivity contribution in [1.29, 1.82) is 0 Å². The van der Waals surface area contributed by atoms with Gasteiger partial charge in [-0.15, -0.1) is 0 Å². The van der Waals surface area contributed by atoms with Gasteiger partial charge in [-0.05, 0) is 48.2 Å². The lowest BCUT2D eigenvalue weighted by atomic mass is 9.95. The molecule has 0 aliphatic rings. The van der Waals surface area contributed by atoms with Crippen LogP contribution in [-0.4, -0.2) is 54.2 Å². The van der Waals surface area contributed by atoms with Crippen molar-refractivity contribution in [2.24, 2.45) is 0 Å². The van der Waals surface area contributed by atoms with Crippen LogP contribution in [0.4, 0.5) is 0 Å². The van der Waals surface area contributed by atoms with Gasteiger partial charge in [0.1, 0.15) is 35.2 Å². The molecule has 0 aromatic heterocycles. The Kier molecular flexibility index (Phi) is 13.3. The summed E-state index contributed by atoms with van der Waals surface area (Å²) >= 11 is 0. The molecular formula is C37H40O9. The van der Waals surface area contributed by atoms with E-state index in [2.05, 4.69) is 0 Å². The van der Waals surface area contributed by atoms with Crippen LogP contribution in [0.1, 0.15) is 62.9 Å². The van der Waals surface area contributed by atoms with Crippen LogP contribution in [-0.2, 0) is 43.5 Å². The highest BCUT2D eigenvalue weighted by Crippen LogP contribution is 2.35. The number of hydrogen-bond acceptors (Lipinski definition) is 9. The van der Waals surface area contributed by atoms with Crippen LogP contribution < -0.4 is 0 Å². The van der Waals surface area contributed by atoms with Gasteiger partial charge in [-0.25, -0.2) is 9.59 Å². The number of aromatic hydroxyl groups is 1.